The Kier molecular flexibility index (Phi) is 7.86. The predicted octanol–water partition coefficient (Wildman–Crippen LogP) is 6.67. The average Bonchev–Trinajstić information content (AvgIpc) is 2.91. The van der Waals surface area contributed by atoms with Gasteiger partial charge in [-0.25, -0.2) is 5.43 Å². The summed E-state index contributed by atoms with van der Waals surface area (Å²) in [5.74, 6) is 0.486. The molecule has 34 heavy (non-hydrogen) atoms. The number of nitrogens with zero attached hydrogens (tertiary/aromatic N) is 1. The van der Waals surface area contributed by atoms with E-state index in [2.05, 4.69) is 46.9 Å². The Balaban J connectivity index is 1.24. The molecule has 4 aromatic carbocycles. The van der Waals surface area contributed by atoms with Gasteiger partial charge in [0.15, 0.2) is 0 Å². The monoisotopic (exact) mass is 448 g/mol. The molecule has 0 heterocycles. The van der Waals surface area contributed by atoms with Crippen molar-refractivity contribution in [2.24, 2.45) is 5.10 Å². The van der Waals surface area contributed by atoms with Crippen molar-refractivity contribution in [1.82, 2.24) is 5.43 Å². The van der Waals surface area contributed by atoms with Crippen molar-refractivity contribution in [3.63, 3.8) is 0 Å². The van der Waals surface area contributed by atoms with E-state index in [4.69, 9.17) is 4.74 Å². The minimum Gasteiger partial charge on any atom is -0.489 e. The standard InChI is InChI=1S/C30H28N2O2/c1-23(12-13-24-14-16-27(17-15-24)26-10-6-3-7-11-26)31-32-30(33)28-18-20-29(21-19-28)34-22-25-8-4-2-5-9-25/h2-11,14-21H,12-13,22H2,1H3,(H,32,33)/b31-23-. The van der Waals surface area contributed by atoms with Crippen LogP contribution in [-0.2, 0) is 13.0 Å². The first-order valence-corrected chi connectivity index (χ1v) is 11.4. The number of hydrogen-bond acceptors (Lipinski definition) is 3. The lowest BCUT2D eigenvalue weighted by molar-refractivity contribution is 0.0954. The van der Waals surface area contributed by atoms with Crippen LogP contribution in [0.3, 0.4) is 0 Å². The van der Waals surface area contributed by atoms with Crippen LogP contribution in [0, 0.1) is 0 Å². The van der Waals surface area contributed by atoms with Gasteiger partial charge in [-0.05, 0) is 66.3 Å². The number of carbonyl (C=O) groups excluding carboxylic acids is 1. The molecule has 0 aliphatic carbocycles. The summed E-state index contributed by atoms with van der Waals surface area (Å²) in [6.07, 6.45) is 1.64. The fourth-order valence-corrected chi connectivity index (χ4v) is 3.53. The highest BCUT2D eigenvalue weighted by atomic mass is 16.5. The third-order valence-electron chi connectivity index (χ3n) is 5.55. The fraction of sp³-hybridized carbons (Fsp3) is 0.133. The van der Waals surface area contributed by atoms with Gasteiger partial charge in [-0.15, -0.1) is 0 Å². The van der Waals surface area contributed by atoms with Crippen molar-refractivity contribution in [1.29, 1.82) is 0 Å². The largest absolute Gasteiger partial charge is 0.489 e. The van der Waals surface area contributed by atoms with Crippen LogP contribution in [0.25, 0.3) is 11.1 Å². The number of ether oxygens (including phenoxy) is 1. The third kappa shape index (κ3) is 6.66. The molecule has 170 valence electrons. The Morgan fingerprint density at radius 2 is 1.35 bits per heavy atom. The van der Waals surface area contributed by atoms with E-state index in [1.165, 1.54) is 16.7 Å². The van der Waals surface area contributed by atoms with E-state index in [-0.39, 0.29) is 5.91 Å². The molecular formula is C30H28N2O2. The van der Waals surface area contributed by atoms with Crippen molar-refractivity contribution < 1.29 is 9.53 Å². The van der Waals surface area contributed by atoms with Gasteiger partial charge in [0.05, 0.1) is 0 Å². The average molecular weight is 449 g/mol. The van der Waals surface area contributed by atoms with Gasteiger partial charge in [-0.3, -0.25) is 4.79 Å². The Bertz CT molecular complexity index is 1220. The smallest absolute Gasteiger partial charge is 0.271 e. The molecule has 0 saturated heterocycles. The molecule has 0 aromatic heterocycles. The van der Waals surface area contributed by atoms with Gasteiger partial charge in [0.1, 0.15) is 12.4 Å². The van der Waals surface area contributed by atoms with E-state index in [1.807, 2.05) is 55.5 Å². The number of hydrazone groups is 1. The molecule has 0 aliphatic heterocycles. The first-order valence-electron chi connectivity index (χ1n) is 11.4. The lowest BCUT2D eigenvalue weighted by Crippen LogP contribution is -2.19. The quantitative estimate of drug-likeness (QED) is 0.230. The minimum absolute atomic E-state index is 0.235. The molecule has 4 heteroatoms. The number of amides is 1. The van der Waals surface area contributed by atoms with Crippen LogP contribution >= 0.6 is 0 Å². The summed E-state index contributed by atoms with van der Waals surface area (Å²) in [4.78, 5) is 12.4. The molecule has 0 spiro atoms. The predicted molar refractivity (Wildman–Crippen MR) is 138 cm³/mol. The SMILES string of the molecule is C/C(CCc1ccc(-c2ccccc2)cc1)=N/NC(=O)c1ccc(OCc2ccccc2)cc1. The maximum atomic E-state index is 12.4. The second-order valence-corrected chi connectivity index (χ2v) is 8.15. The molecule has 0 radical (unpaired) electrons. The zero-order chi connectivity index (χ0) is 23.6. The van der Waals surface area contributed by atoms with Crippen LogP contribution in [0.4, 0.5) is 0 Å². The van der Waals surface area contributed by atoms with Gasteiger partial charge in [0.2, 0.25) is 0 Å². The van der Waals surface area contributed by atoms with Gasteiger partial charge in [0.25, 0.3) is 5.91 Å². The molecule has 0 unspecified atom stereocenters. The normalized spacial score (nSPS) is 11.1. The maximum absolute atomic E-state index is 12.4. The Hall–Kier alpha value is -4.18. The summed E-state index contributed by atoms with van der Waals surface area (Å²) in [5, 5.41) is 4.26. The highest BCUT2D eigenvalue weighted by Gasteiger charge is 2.06. The van der Waals surface area contributed by atoms with Gasteiger partial charge in [0, 0.05) is 11.3 Å². The molecule has 1 amide bonds. The molecule has 4 nitrogen and oxygen atoms in total. The zero-order valence-electron chi connectivity index (χ0n) is 19.3. The van der Waals surface area contributed by atoms with Crippen LogP contribution < -0.4 is 10.2 Å². The molecule has 4 aromatic rings. The van der Waals surface area contributed by atoms with Crippen LogP contribution in [0.15, 0.2) is 114 Å². The van der Waals surface area contributed by atoms with E-state index in [9.17, 15) is 4.79 Å². The summed E-state index contributed by atoms with van der Waals surface area (Å²) in [6, 6.07) is 36.0. The zero-order valence-corrected chi connectivity index (χ0v) is 19.3. The van der Waals surface area contributed by atoms with E-state index in [0.717, 1.165) is 29.9 Å². The van der Waals surface area contributed by atoms with Gasteiger partial charge >= 0.3 is 0 Å². The lowest BCUT2D eigenvalue weighted by atomic mass is 10.0. The Labute approximate surface area is 200 Å². The number of rotatable bonds is 9. The number of benzene rings is 4. The van der Waals surface area contributed by atoms with Gasteiger partial charge in [-0.1, -0.05) is 84.9 Å². The molecule has 1 N–H and O–H groups in total. The summed E-state index contributed by atoms with van der Waals surface area (Å²) in [5.41, 5.74) is 8.83. The van der Waals surface area contributed by atoms with Crippen molar-refractivity contribution in [3.8, 4) is 16.9 Å². The molecular weight excluding hydrogens is 420 g/mol. The molecule has 0 fully saturated rings. The Morgan fingerprint density at radius 1 is 0.735 bits per heavy atom. The summed E-state index contributed by atoms with van der Waals surface area (Å²) in [6.45, 7) is 2.42. The fourth-order valence-electron chi connectivity index (χ4n) is 3.53. The minimum atomic E-state index is -0.235. The number of hydrogen-bond donors (Lipinski definition) is 1. The molecule has 0 aliphatic rings. The van der Waals surface area contributed by atoms with Gasteiger partial charge in [-0.2, -0.15) is 5.10 Å². The van der Waals surface area contributed by atoms with Crippen molar-refractivity contribution in [3.05, 3.63) is 126 Å². The van der Waals surface area contributed by atoms with Crippen LogP contribution in [-0.4, -0.2) is 11.6 Å². The Morgan fingerprint density at radius 3 is 2.03 bits per heavy atom. The molecule has 4 rings (SSSR count). The second kappa shape index (κ2) is 11.6. The summed E-state index contributed by atoms with van der Waals surface area (Å²) < 4.78 is 5.77. The lowest BCUT2D eigenvalue weighted by Gasteiger charge is -2.07. The molecule has 0 saturated carbocycles. The van der Waals surface area contributed by atoms with Crippen molar-refractivity contribution >= 4 is 11.6 Å². The second-order valence-electron chi connectivity index (χ2n) is 8.15. The topological polar surface area (TPSA) is 50.7 Å². The first kappa shape index (κ1) is 23.0. The maximum Gasteiger partial charge on any atom is 0.271 e. The molecule has 0 atom stereocenters. The van der Waals surface area contributed by atoms with Crippen molar-refractivity contribution in [2.75, 3.05) is 0 Å². The van der Waals surface area contributed by atoms with Crippen LogP contribution in [0.2, 0.25) is 0 Å². The summed E-state index contributed by atoms with van der Waals surface area (Å²) >= 11 is 0. The van der Waals surface area contributed by atoms with E-state index >= 15 is 0 Å². The highest BCUT2D eigenvalue weighted by Crippen LogP contribution is 2.20. The van der Waals surface area contributed by atoms with Gasteiger partial charge < -0.3 is 4.74 Å². The van der Waals surface area contributed by atoms with E-state index in [1.54, 1.807) is 24.3 Å². The van der Waals surface area contributed by atoms with E-state index < -0.39 is 0 Å². The number of carbonyl (C=O) groups is 1. The summed E-state index contributed by atoms with van der Waals surface area (Å²) in [7, 11) is 0. The first-order chi connectivity index (χ1) is 16.7. The van der Waals surface area contributed by atoms with Crippen LogP contribution in [0.5, 0.6) is 5.75 Å². The van der Waals surface area contributed by atoms with E-state index in [0.29, 0.717) is 12.2 Å². The van der Waals surface area contributed by atoms with Crippen molar-refractivity contribution in [2.45, 2.75) is 26.4 Å². The highest BCUT2D eigenvalue weighted by molar-refractivity contribution is 5.95. The van der Waals surface area contributed by atoms with Crippen LogP contribution in [0.1, 0.15) is 34.8 Å². The number of aryl methyl sites for hydroxylation is 1. The third-order valence-corrected chi connectivity index (χ3v) is 5.55. The number of nitrogens with one attached hydrogen (secondary N) is 1. The molecule has 0 bridgehead atoms.